The second kappa shape index (κ2) is 7.59. The minimum Gasteiger partial charge on any atom is -0.504 e. The molecule has 0 spiro atoms. The highest BCUT2D eigenvalue weighted by atomic mass is 32.2. The minimum absolute atomic E-state index is 0.144. The zero-order valence-electron chi connectivity index (χ0n) is 14.0. The molecule has 0 bridgehead atoms. The van der Waals surface area contributed by atoms with Crippen LogP contribution in [0.3, 0.4) is 0 Å². The van der Waals surface area contributed by atoms with Crippen LogP contribution in [0.25, 0.3) is 0 Å². The van der Waals surface area contributed by atoms with Crippen molar-refractivity contribution in [2.75, 3.05) is 0 Å². The van der Waals surface area contributed by atoms with Gasteiger partial charge in [0.2, 0.25) is 10.0 Å². The summed E-state index contributed by atoms with van der Waals surface area (Å²) < 4.78 is 27.0. The van der Waals surface area contributed by atoms with Crippen LogP contribution in [0.2, 0.25) is 0 Å². The Balaban J connectivity index is 1.63. The van der Waals surface area contributed by atoms with Crippen molar-refractivity contribution < 1.29 is 18.6 Å². The lowest BCUT2D eigenvalue weighted by molar-refractivity contribution is 0.403. The summed E-state index contributed by atoms with van der Waals surface area (Å²) in [5.41, 5.74) is 2.74. The first-order valence-corrected chi connectivity index (χ1v) is 9.56. The van der Waals surface area contributed by atoms with E-state index in [9.17, 15) is 18.6 Å². The fourth-order valence-electron chi connectivity index (χ4n) is 2.55. The summed E-state index contributed by atoms with van der Waals surface area (Å²) in [4.78, 5) is 0.240. The summed E-state index contributed by atoms with van der Waals surface area (Å²) in [7, 11) is -3.53. The first kappa shape index (κ1) is 18.0. The van der Waals surface area contributed by atoms with Crippen molar-refractivity contribution in [1.29, 1.82) is 0 Å². The Bertz CT molecular complexity index is 984. The SMILES string of the molecule is O=S(=O)(NCc1ccc(Cc2ccc(O)c(O)c2)cc1)c1ccccc1. The molecule has 0 aliphatic rings. The quantitative estimate of drug-likeness (QED) is 0.583. The molecule has 0 unspecified atom stereocenters. The van der Waals surface area contributed by atoms with Crippen LogP contribution >= 0.6 is 0 Å². The van der Waals surface area contributed by atoms with Gasteiger partial charge in [-0.2, -0.15) is 0 Å². The number of rotatable bonds is 6. The molecular formula is C20H19NO4S. The number of aromatic hydroxyl groups is 2. The molecule has 3 aromatic rings. The molecule has 26 heavy (non-hydrogen) atoms. The van der Waals surface area contributed by atoms with Crippen molar-refractivity contribution in [2.24, 2.45) is 0 Å². The lowest BCUT2D eigenvalue weighted by atomic mass is 10.0. The van der Waals surface area contributed by atoms with Gasteiger partial charge >= 0.3 is 0 Å². The Labute approximate surface area is 152 Å². The van der Waals surface area contributed by atoms with E-state index in [0.717, 1.165) is 16.7 Å². The average Bonchev–Trinajstić information content (AvgIpc) is 2.65. The molecule has 0 saturated carbocycles. The highest BCUT2D eigenvalue weighted by molar-refractivity contribution is 7.89. The van der Waals surface area contributed by atoms with Crippen LogP contribution in [0.5, 0.6) is 11.5 Å². The first-order valence-electron chi connectivity index (χ1n) is 8.07. The van der Waals surface area contributed by atoms with Gasteiger partial charge in [0, 0.05) is 6.54 Å². The zero-order chi connectivity index (χ0) is 18.6. The van der Waals surface area contributed by atoms with Crippen LogP contribution in [-0.4, -0.2) is 18.6 Å². The Morgan fingerprint density at radius 2 is 1.35 bits per heavy atom. The van der Waals surface area contributed by atoms with E-state index in [-0.39, 0.29) is 22.9 Å². The summed E-state index contributed by atoms with van der Waals surface area (Å²) >= 11 is 0. The number of hydrogen-bond acceptors (Lipinski definition) is 4. The monoisotopic (exact) mass is 369 g/mol. The molecule has 0 fully saturated rings. The number of benzene rings is 3. The average molecular weight is 369 g/mol. The van der Waals surface area contributed by atoms with E-state index in [0.29, 0.717) is 6.42 Å². The predicted molar refractivity (Wildman–Crippen MR) is 99.5 cm³/mol. The molecule has 3 N–H and O–H groups in total. The molecule has 6 heteroatoms. The maximum absolute atomic E-state index is 12.2. The standard InChI is InChI=1S/C20H19NO4S/c22-19-11-10-17(13-20(19)23)12-15-6-8-16(9-7-15)14-21-26(24,25)18-4-2-1-3-5-18/h1-11,13,21-23H,12,14H2. The van der Waals surface area contributed by atoms with Crippen molar-refractivity contribution in [3.05, 3.63) is 89.5 Å². The van der Waals surface area contributed by atoms with Gasteiger partial charge in [-0.3, -0.25) is 0 Å². The maximum Gasteiger partial charge on any atom is 0.240 e. The van der Waals surface area contributed by atoms with Crippen LogP contribution in [-0.2, 0) is 23.0 Å². The Kier molecular flexibility index (Phi) is 5.25. The Hall–Kier alpha value is -2.83. The summed E-state index contributed by atoms with van der Waals surface area (Å²) in [5.74, 6) is -0.288. The molecule has 0 aliphatic carbocycles. The molecule has 5 nitrogen and oxygen atoms in total. The Morgan fingerprint density at radius 3 is 2.00 bits per heavy atom. The summed E-state index contributed by atoms with van der Waals surface area (Å²) in [5, 5.41) is 18.9. The third-order valence-corrected chi connectivity index (χ3v) is 5.41. The van der Waals surface area contributed by atoms with Gasteiger partial charge in [0.25, 0.3) is 0 Å². The van der Waals surface area contributed by atoms with Crippen molar-refractivity contribution in [1.82, 2.24) is 4.72 Å². The number of sulfonamides is 1. The van der Waals surface area contributed by atoms with Crippen LogP contribution in [0, 0.1) is 0 Å². The smallest absolute Gasteiger partial charge is 0.240 e. The lowest BCUT2D eigenvalue weighted by Gasteiger charge is -2.08. The minimum atomic E-state index is -3.53. The van der Waals surface area contributed by atoms with Gasteiger partial charge in [-0.1, -0.05) is 48.5 Å². The van der Waals surface area contributed by atoms with Crippen molar-refractivity contribution in [3.63, 3.8) is 0 Å². The van der Waals surface area contributed by atoms with E-state index in [1.807, 2.05) is 24.3 Å². The van der Waals surface area contributed by atoms with Gasteiger partial charge in [-0.25, -0.2) is 13.1 Å². The number of nitrogens with one attached hydrogen (secondary N) is 1. The van der Waals surface area contributed by atoms with Crippen LogP contribution < -0.4 is 4.72 Å². The van der Waals surface area contributed by atoms with E-state index >= 15 is 0 Å². The molecular weight excluding hydrogens is 350 g/mol. The van der Waals surface area contributed by atoms with Gasteiger partial charge in [-0.05, 0) is 47.4 Å². The third kappa shape index (κ3) is 4.41. The van der Waals surface area contributed by atoms with E-state index in [1.165, 1.54) is 12.1 Å². The molecule has 3 aromatic carbocycles. The van der Waals surface area contributed by atoms with E-state index < -0.39 is 10.0 Å². The molecule has 0 saturated heterocycles. The lowest BCUT2D eigenvalue weighted by Crippen LogP contribution is -2.23. The second-order valence-corrected chi connectivity index (χ2v) is 7.72. The fraction of sp³-hybridized carbons (Fsp3) is 0.100. The van der Waals surface area contributed by atoms with Crippen molar-refractivity contribution in [3.8, 4) is 11.5 Å². The number of phenolic OH excluding ortho intramolecular Hbond substituents is 2. The summed E-state index contributed by atoms with van der Waals surface area (Å²) in [6.45, 7) is 0.206. The fourth-order valence-corrected chi connectivity index (χ4v) is 3.59. The highest BCUT2D eigenvalue weighted by Crippen LogP contribution is 2.26. The summed E-state index contributed by atoms with van der Waals surface area (Å²) in [6, 6.07) is 20.5. The highest BCUT2D eigenvalue weighted by Gasteiger charge is 2.12. The van der Waals surface area contributed by atoms with E-state index in [4.69, 9.17) is 0 Å². The third-order valence-electron chi connectivity index (χ3n) is 3.99. The Morgan fingerprint density at radius 1 is 0.731 bits per heavy atom. The maximum atomic E-state index is 12.2. The molecule has 0 aromatic heterocycles. The molecule has 0 heterocycles. The summed E-state index contributed by atoms with van der Waals surface area (Å²) in [6.07, 6.45) is 0.601. The van der Waals surface area contributed by atoms with Gasteiger partial charge < -0.3 is 10.2 Å². The van der Waals surface area contributed by atoms with Gasteiger partial charge in [0.05, 0.1) is 4.90 Å². The largest absolute Gasteiger partial charge is 0.504 e. The van der Waals surface area contributed by atoms with Crippen LogP contribution in [0.15, 0.2) is 77.7 Å². The molecule has 0 atom stereocenters. The van der Waals surface area contributed by atoms with Crippen molar-refractivity contribution in [2.45, 2.75) is 17.9 Å². The zero-order valence-corrected chi connectivity index (χ0v) is 14.8. The van der Waals surface area contributed by atoms with E-state index in [2.05, 4.69) is 4.72 Å². The molecule has 3 rings (SSSR count). The molecule has 134 valence electrons. The predicted octanol–water partition coefficient (Wildman–Crippen LogP) is 3.17. The van der Waals surface area contributed by atoms with E-state index in [1.54, 1.807) is 36.4 Å². The van der Waals surface area contributed by atoms with Gasteiger partial charge in [0.15, 0.2) is 11.5 Å². The number of phenols is 2. The van der Waals surface area contributed by atoms with Crippen LogP contribution in [0.4, 0.5) is 0 Å². The van der Waals surface area contributed by atoms with Gasteiger partial charge in [-0.15, -0.1) is 0 Å². The topological polar surface area (TPSA) is 86.6 Å². The normalized spacial score (nSPS) is 11.4. The first-order chi connectivity index (χ1) is 12.4. The molecule has 0 aliphatic heterocycles. The van der Waals surface area contributed by atoms with Crippen LogP contribution in [0.1, 0.15) is 16.7 Å². The molecule has 0 amide bonds. The second-order valence-electron chi connectivity index (χ2n) is 5.95. The van der Waals surface area contributed by atoms with Gasteiger partial charge in [0.1, 0.15) is 0 Å². The van der Waals surface area contributed by atoms with Crippen molar-refractivity contribution >= 4 is 10.0 Å². The number of hydrogen-bond donors (Lipinski definition) is 3. The molecule has 0 radical (unpaired) electrons.